The summed E-state index contributed by atoms with van der Waals surface area (Å²) in [6.45, 7) is 1.74. The quantitative estimate of drug-likeness (QED) is 0.726. The van der Waals surface area contributed by atoms with Gasteiger partial charge in [0.2, 0.25) is 0 Å². The molecule has 3 nitrogen and oxygen atoms in total. The highest BCUT2D eigenvalue weighted by atomic mass is 32.2. The van der Waals surface area contributed by atoms with Gasteiger partial charge in [0, 0.05) is 11.6 Å². The van der Waals surface area contributed by atoms with Crippen molar-refractivity contribution in [3.05, 3.63) is 66.1 Å². The van der Waals surface area contributed by atoms with Crippen LogP contribution in [0.2, 0.25) is 0 Å². The largest absolute Gasteiger partial charge is 0.268 e. The topological polar surface area (TPSA) is 39.1 Å². The fraction of sp³-hybridized carbons (Fsp3) is 0.0667. The molecular weight excluding hydrogens is 277 g/mol. The lowest BCUT2D eigenvalue weighted by molar-refractivity contribution is 0.588. The lowest BCUT2D eigenvalue weighted by atomic mass is 10.2. The molecule has 0 unspecified atom stereocenters. The van der Waals surface area contributed by atoms with Gasteiger partial charge in [-0.05, 0) is 42.8 Å². The number of benzene rings is 2. The van der Waals surface area contributed by atoms with Crippen molar-refractivity contribution in [3.8, 4) is 0 Å². The van der Waals surface area contributed by atoms with E-state index in [1.54, 1.807) is 43.3 Å². The van der Waals surface area contributed by atoms with Crippen molar-refractivity contribution in [1.29, 1.82) is 0 Å². The normalized spacial score (nSPS) is 11.9. The maximum absolute atomic E-state index is 13.4. The van der Waals surface area contributed by atoms with Gasteiger partial charge in [0.15, 0.2) is 0 Å². The Labute approximate surface area is 116 Å². The first-order valence-corrected chi connectivity index (χ1v) is 7.52. The van der Waals surface area contributed by atoms with Crippen molar-refractivity contribution in [2.24, 2.45) is 0 Å². The first-order valence-electron chi connectivity index (χ1n) is 6.08. The van der Waals surface area contributed by atoms with E-state index in [1.165, 1.54) is 18.3 Å². The molecule has 0 amide bonds. The van der Waals surface area contributed by atoms with Crippen LogP contribution in [0.5, 0.6) is 0 Å². The van der Waals surface area contributed by atoms with Crippen LogP contribution < -0.4 is 0 Å². The van der Waals surface area contributed by atoms with E-state index in [9.17, 15) is 12.8 Å². The molecule has 0 bridgehead atoms. The second-order valence-electron chi connectivity index (χ2n) is 4.59. The van der Waals surface area contributed by atoms with Crippen molar-refractivity contribution < 1.29 is 12.8 Å². The number of aryl methyl sites for hydroxylation is 1. The maximum atomic E-state index is 13.4. The smallest absolute Gasteiger partial charge is 0.241 e. The molecule has 20 heavy (non-hydrogen) atoms. The molecule has 0 radical (unpaired) electrons. The molecule has 1 aromatic heterocycles. The summed E-state index contributed by atoms with van der Waals surface area (Å²) >= 11 is 0. The predicted molar refractivity (Wildman–Crippen MR) is 75.7 cm³/mol. The van der Waals surface area contributed by atoms with Gasteiger partial charge < -0.3 is 0 Å². The second kappa shape index (κ2) is 4.45. The standard InChI is InChI=1S/C15H12FNO2S/c1-11-4-2-3-5-15(11)20(18,19)17-9-8-12-6-7-13(16)10-14(12)17/h2-10H,1H3. The molecule has 0 aliphatic rings. The Morgan fingerprint density at radius 2 is 1.80 bits per heavy atom. The molecule has 0 saturated heterocycles. The molecule has 0 aliphatic heterocycles. The number of halogens is 1. The Balaban J connectivity index is 2.30. The Kier molecular flexibility index (Phi) is 2.87. The molecule has 0 atom stereocenters. The molecule has 2 aromatic carbocycles. The van der Waals surface area contributed by atoms with E-state index in [0.717, 1.165) is 3.97 Å². The number of aromatic nitrogens is 1. The molecule has 0 aliphatic carbocycles. The van der Waals surface area contributed by atoms with Crippen LogP contribution in [0.1, 0.15) is 5.56 Å². The predicted octanol–water partition coefficient (Wildman–Crippen LogP) is 3.33. The van der Waals surface area contributed by atoms with Crippen LogP contribution in [0.4, 0.5) is 4.39 Å². The van der Waals surface area contributed by atoms with Gasteiger partial charge in [-0.2, -0.15) is 0 Å². The van der Waals surface area contributed by atoms with Crippen LogP contribution in [0.15, 0.2) is 59.6 Å². The third kappa shape index (κ3) is 1.91. The minimum absolute atomic E-state index is 0.224. The number of hydrogen-bond acceptors (Lipinski definition) is 2. The summed E-state index contributed by atoms with van der Waals surface area (Å²) in [4.78, 5) is 0.224. The van der Waals surface area contributed by atoms with E-state index in [2.05, 4.69) is 0 Å². The highest BCUT2D eigenvalue weighted by Gasteiger charge is 2.20. The number of rotatable bonds is 2. The number of fused-ring (bicyclic) bond motifs is 1. The van der Waals surface area contributed by atoms with Crippen LogP contribution in [0.3, 0.4) is 0 Å². The lowest BCUT2D eigenvalue weighted by Gasteiger charge is -2.10. The van der Waals surface area contributed by atoms with Gasteiger partial charge in [0.05, 0.1) is 10.4 Å². The van der Waals surface area contributed by atoms with Gasteiger partial charge in [-0.15, -0.1) is 0 Å². The summed E-state index contributed by atoms with van der Waals surface area (Å²) < 4.78 is 39.8. The monoisotopic (exact) mass is 289 g/mol. The van der Waals surface area contributed by atoms with Crippen molar-refractivity contribution in [2.45, 2.75) is 11.8 Å². The summed E-state index contributed by atoms with van der Waals surface area (Å²) in [5, 5.41) is 0.684. The summed E-state index contributed by atoms with van der Waals surface area (Å²) in [7, 11) is -3.72. The fourth-order valence-electron chi connectivity index (χ4n) is 2.24. The van der Waals surface area contributed by atoms with Gasteiger partial charge in [-0.25, -0.2) is 16.8 Å². The second-order valence-corrected chi connectivity index (χ2v) is 6.37. The zero-order chi connectivity index (χ0) is 14.3. The number of nitrogens with zero attached hydrogens (tertiary/aromatic N) is 1. The van der Waals surface area contributed by atoms with E-state index < -0.39 is 15.8 Å². The maximum Gasteiger partial charge on any atom is 0.268 e. The van der Waals surface area contributed by atoms with Crippen LogP contribution >= 0.6 is 0 Å². The van der Waals surface area contributed by atoms with Gasteiger partial charge in [-0.1, -0.05) is 18.2 Å². The van der Waals surface area contributed by atoms with E-state index in [-0.39, 0.29) is 4.90 Å². The van der Waals surface area contributed by atoms with Gasteiger partial charge >= 0.3 is 0 Å². The molecule has 0 fully saturated rings. The Bertz CT molecular complexity index is 897. The molecule has 0 N–H and O–H groups in total. The summed E-state index contributed by atoms with van der Waals surface area (Å²) in [6.07, 6.45) is 1.45. The average molecular weight is 289 g/mol. The zero-order valence-electron chi connectivity index (χ0n) is 10.7. The lowest BCUT2D eigenvalue weighted by Crippen LogP contribution is -2.13. The molecule has 1 heterocycles. The van der Waals surface area contributed by atoms with E-state index in [4.69, 9.17) is 0 Å². The van der Waals surface area contributed by atoms with Crippen molar-refractivity contribution in [1.82, 2.24) is 3.97 Å². The van der Waals surface area contributed by atoms with E-state index in [0.29, 0.717) is 16.5 Å². The van der Waals surface area contributed by atoms with Gasteiger partial charge in [0.25, 0.3) is 10.0 Å². The van der Waals surface area contributed by atoms with E-state index >= 15 is 0 Å². The molecule has 102 valence electrons. The summed E-state index contributed by atoms with van der Waals surface area (Å²) in [5.41, 5.74) is 0.999. The molecule has 0 spiro atoms. The highest BCUT2D eigenvalue weighted by molar-refractivity contribution is 7.90. The zero-order valence-corrected chi connectivity index (χ0v) is 11.6. The van der Waals surface area contributed by atoms with Gasteiger partial charge in [-0.3, -0.25) is 0 Å². The minimum Gasteiger partial charge on any atom is -0.241 e. The Morgan fingerprint density at radius 3 is 2.55 bits per heavy atom. The molecule has 5 heteroatoms. The van der Waals surface area contributed by atoms with Gasteiger partial charge in [0.1, 0.15) is 5.82 Å². The highest BCUT2D eigenvalue weighted by Crippen LogP contribution is 2.24. The minimum atomic E-state index is -3.72. The van der Waals surface area contributed by atoms with Crippen LogP contribution in [-0.4, -0.2) is 12.4 Å². The van der Waals surface area contributed by atoms with Crippen LogP contribution in [-0.2, 0) is 10.0 Å². The molecule has 3 aromatic rings. The first-order chi connectivity index (χ1) is 9.50. The third-order valence-electron chi connectivity index (χ3n) is 3.25. The molecular formula is C15H12FNO2S. The fourth-order valence-corrected chi connectivity index (χ4v) is 3.81. The number of hydrogen-bond donors (Lipinski definition) is 0. The van der Waals surface area contributed by atoms with Crippen molar-refractivity contribution >= 4 is 20.9 Å². The molecule has 3 rings (SSSR count). The SMILES string of the molecule is Cc1ccccc1S(=O)(=O)n1ccc2ccc(F)cc21. The van der Waals surface area contributed by atoms with Crippen LogP contribution in [0.25, 0.3) is 10.9 Å². The van der Waals surface area contributed by atoms with Crippen LogP contribution in [0, 0.1) is 12.7 Å². The van der Waals surface area contributed by atoms with Crippen molar-refractivity contribution in [2.75, 3.05) is 0 Å². The first kappa shape index (κ1) is 12.9. The average Bonchev–Trinajstić information content (AvgIpc) is 2.82. The third-order valence-corrected chi connectivity index (χ3v) is 5.10. The molecule has 0 saturated carbocycles. The van der Waals surface area contributed by atoms with Crippen molar-refractivity contribution in [3.63, 3.8) is 0 Å². The summed E-state index contributed by atoms with van der Waals surface area (Å²) in [5.74, 6) is -0.461. The Morgan fingerprint density at radius 1 is 1.05 bits per heavy atom. The Hall–Kier alpha value is -2.14. The van der Waals surface area contributed by atoms with E-state index in [1.807, 2.05) is 0 Å². The summed E-state index contributed by atoms with van der Waals surface area (Å²) in [6, 6.07) is 12.5.